The number of nitrogens with two attached hydrogens (primary N) is 1. The third-order valence-electron chi connectivity index (χ3n) is 2.45. The predicted octanol–water partition coefficient (Wildman–Crippen LogP) is 0.895. The highest BCUT2D eigenvalue weighted by atomic mass is 16.5. The minimum atomic E-state index is 0.483. The first-order chi connectivity index (χ1) is 6.34. The molecule has 2 N–H and O–H groups in total. The average Bonchev–Trinajstić information content (AvgIpc) is 2.71. The molecule has 0 unspecified atom stereocenters. The summed E-state index contributed by atoms with van der Waals surface area (Å²) < 4.78 is 5.02. The molecule has 0 aromatic carbocycles. The highest BCUT2D eigenvalue weighted by molar-refractivity contribution is 5.26. The first kappa shape index (κ1) is 8.56. The second-order valence-electron chi connectivity index (χ2n) is 3.52. The van der Waals surface area contributed by atoms with Crippen LogP contribution in [0.5, 0.6) is 0 Å². The van der Waals surface area contributed by atoms with Crippen molar-refractivity contribution in [3.05, 3.63) is 11.8 Å². The van der Waals surface area contributed by atoms with E-state index in [9.17, 15) is 0 Å². The second kappa shape index (κ2) is 3.79. The van der Waals surface area contributed by atoms with Crippen LogP contribution in [-0.4, -0.2) is 29.7 Å². The number of rotatable bonds is 3. The molecular formula is C9H15N3O. The highest BCUT2D eigenvalue weighted by Gasteiger charge is 2.11. The quantitative estimate of drug-likeness (QED) is 0.752. The van der Waals surface area contributed by atoms with Gasteiger partial charge < -0.3 is 15.2 Å². The number of likely N-dealkylation sites (tertiary alicyclic amines) is 1. The average molecular weight is 181 g/mol. The molecule has 0 atom stereocenters. The Labute approximate surface area is 77.7 Å². The Bertz CT molecular complexity index is 266. The van der Waals surface area contributed by atoms with Crippen LogP contribution in [-0.2, 0) is 6.42 Å². The van der Waals surface area contributed by atoms with E-state index in [1.807, 2.05) is 0 Å². The molecule has 0 amide bonds. The van der Waals surface area contributed by atoms with Crippen molar-refractivity contribution in [1.82, 2.24) is 10.1 Å². The van der Waals surface area contributed by atoms with Gasteiger partial charge in [-0.2, -0.15) is 0 Å². The molecule has 2 heterocycles. The van der Waals surface area contributed by atoms with Gasteiger partial charge in [-0.15, -0.1) is 0 Å². The summed E-state index contributed by atoms with van der Waals surface area (Å²) in [6.07, 6.45) is 3.58. The molecular weight excluding hydrogens is 166 g/mol. The molecule has 0 spiro atoms. The molecule has 2 rings (SSSR count). The lowest BCUT2D eigenvalue weighted by molar-refractivity contribution is 0.316. The largest absolute Gasteiger partial charge is 0.381 e. The first-order valence-electron chi connectivity index (χ1n) is 4.78. The number of anilines is 1. The smallest absolute Gasteiger partial charge is 0.167 e. The molecule has 0 radical (unpaired) electrons. The Balaban J connectivity index is 1.78. The van der Waals surface area contributed by atoms with Gasteiger partial charge >= 0.3 is 0 Å². The summed E-state index contributed by atoms with van der Waals surface area (Å²) in [5, 5.41) is 3.65. The summed E-state index contributed by atoms with van der Waals surface area (Å²) in [6.45, 7) is 3.52. The van der Waals surface area contributed by atoms with E-state index in [2.05, 4.69) is 10.1 Å². The fraction of sp³-hybridized carbons (Fsp3) is 0.667. The van der Waals surface area contributed by atoms with Crippen molar-refractivity contribution >= 4 is 5.82 Å². The van der Waals surface area contributed by atoms with E-state index in [0.717, 1.165) is 18.7 Å². The van der Waals surface area contributed by atoms with E-state index < -0.39 is 0 Å². The van der Waals surface area contributed by atoms with E-state index in [0.29, 0.717) is 5.82 Å². The molecule has 0 aliphatic carbocycles. The zero-order valence-corrected chi connectivity index (χ0v) is 7.70. The van der Waals surface area contributed by atoms with Gasteiger partial charge in [-0.25, -0.2) is 0 Å². The Morgan fingerprint density at radius 2 is 2.23 bits per heavy atom. The maximum Gasteiger partial charge on any atom is 0.167 e. The van der Waals surface area contributed by atoms with Gasteiger partial charge in [0, 0.05) is 19.0 Å². The molecule has 1 fully saturated rings. The Morgan fingerprint density at radius 3 is 2.85 bits per heavy atom. The van der Waals surface area contributed by atoms with E-state index in [1.54, 1.807) is 6.07 Å². The maximum atomic E-state index is 5.44. The molecule has 1 aliphatic rings. The van der Waals surface area contributed by atoms with Crippen LogP contribution in [0.15, 0.2) is 10.6 Å². The molecule has 0 saturated carbocycles. The van der Waals surface area contributed by atoms with Gasteiger partial charge in [-0.1, -0.05) is 5.16 Å². The Hall–Kier alpha value is -1.03. The van der Waals surface area contributed by atoms with Gasteiger partial charge in [0.05, 0.1) is 0 Å². The predicted molar refractivity (Wildman–Crippen MR) is 50.3 cm³/mol. The summed E-state index contributed by atoms with van der Waals surface area (Å²) in [6, 6.07) is 1.80. The molecule has 1 aromatic rings. The van der Waals surface area contributed by atoms with Gasteiger partial charge in [0.2, 0.25) is 0 Å². The molecule has 0 bridgehead atoms. The zero-order chi connectivity index (χ0) is 9.10. The van der Waals surface area contributed by atoms with Gasteiger partial charge in [-0.3, -0.25) is 0 Å². The number of nitrogens with zero attached hydrogens (tertiary/aromatic N) is 2. The minimum Gasteiger partial charge on any atom is -0.381 e. The summed E-state index contributed by atoms with van der Waals surface area (Å²) in [7, 11) is 0. The lowest BCUT2D eigenvalue weighted by Crippen LogP contribution is -2.21. The molecule has 72 valence electrons. The summed E-state index contributed by atoms with van der Waals surface area (Å²) >= 11 is 0. The summed E-state index contributed by atoms with van der Waals surface area (Å²) in [4.78, 5) is 2.44. The van der Waals surface area contributed by atoms with Crippen molar-refractivity contribution in [2.75, 3.05) is 25.4 Å². The van der Waals surface area contributed by atoms with Crippen LogP contribution in [0, 0.1) is 0 Å². The lowest BCUT2D eigenvalue weighted by atomic mass is 10.3. The maximum absolute atomic E-state index is 5.44. The Morgan fingerprint density at radius 1 is 1.46 bits per heavy atom. The monoisotopic (exact) mass is 181 g/mol. The van der Waals surface area contributed by atoms with Crippen LogP contribution in [0.25, 0.3) is 0 Å². The van der Waals surface area contributed by atoms with Gasteiger partial charge in [0.25, 0.3) is 0 Å². The molecule has 1 saturated heterocycles. The fourth-order valence-electron chi connectivity index (χ4n) is 1.72. The van der Waals surface area contributed by atoms with Crippen molar-refractivity contribution in [3.63, 3.8) is 0 Å². The molecule has 1 aliphatic heterocycles. The molecule has 4 heteroatoms. The zero-order valence-electron chi connectivity index (χ0n) is 7.70. The third kappa shape index (κ3) is 2.21. The lowest BCUT2D eigenvalue weighted by Gasteiger charge is -2.12. The van der Waals surface area contributed by atoms with Crippen LogP contribution >= 0.6 is 0 Å². The van der Waals surface area contributed by atoms with Crippen LogP contribution in [0.1, 0.15) is 18.6 Å². The van der Waals surface area contributed by atoms with Crippen LogP contribution in [0.3, 0.4) is 0 Å². The summed E-state index contributed by atoms with van der Waals surface area (Å²) in [5.74, 6) is 1.38. The Kier molecular flexibility index (Phi) is 2.49. The second-order valence-corrected chi connectivity index (χ2v) is 3.52. The van der Waals surface area contributed by atoms with Crippen LogP contribution < -0.4 is 5.73 Å². The number of nitrogen functional groups attached to an aromatic ring is 1. The van der Waals surface area contributed by atoms with E-state index >= 15 is 0 Å². The van der Waals surface area contributed by atoms with Gasteiger partial charge in [0.1, 0.15) is 5.76 Å². The fourth-order valence-corrected chi connectivity index (χ4v) is 1.72. The summed E-state index contributed by atoms with van der Waals surface area (Å²) in [5.41, 5.74) is 5.44. The minimum absolute atomic E-state index is 0.483. The van der Waals surface area contributed by atoms with Gasteiger partial charge in [0.15, 0.2) is 5.82 Å². The number of hydrogen-bond acceptors (Lipinski definition) is 4. The molecule has 1 aromatic heterocycles. The van der Waals surface area contributed by atoms with E-state index in [4.69, 9.17) is 10.3 Å². The topological polar surface area (TPSA) is 55.3 Å². The number of hydrogen-bond donors (Lipinski definition) is 1. The van der Waals surface area contributed by atoms with Crippen molar-refractivity contribution in [3.8, 4) is 0 Å². The van der Waals surface area contributed by atoms with Crippen LogP contribution in [0.2, 0.25) is 0 Å². The SMILES string of the molecule is Nc1cc(CCN2CCCC2)on1. The molecule has 13 heavy (non-hydrogen) atoms. The van der Waals surface area contributed by atoms with Crippen molar-refractivity contribution < 1.29 is 4.52 Å². The van der Waals surface area contributed by atoms with Crippen molar-refractivity contribution in [1.29, 1.82) is 0 Å². The third-order valence-corrected chi connectivity index (χ3v) is 2.45. The first-order valence-corrected chi connectivity index (χ1v) is 4.78. The molecule has 4 nitrogen and oxygen atoms in total. The van der Waals surface area contributed by atoms with Gasteiger partial charge in [-0.05, 0) is 25.9 Å². The van der Waals surface area contributed by atoms with Crippen LogP contribution in [0.4, 0.5) is 5.82 Å². The standard InChI is InChI=1S/C9H15N3O/c10-9-7-8(13-11-9)3-6-12-4-1-2-5-12/h7H,1-6H2,(H2,10,11). The van der Waals surface area contributed by atoms with Crippen molar-refractivity contribution in [2.45, 2.75) is 19.3 Å². The number of aromatic nitrogens is 1. The van der Waals surface area contributed by atoms with E-state index in [-0.39, 0.29) is 0 Å². The highest BCUT2D eigenvalue weighted by Crippen LogP contribution is 2.10. The van der Waals surface area contributed by atoms with E-state index in [1.165, 1.54) is 25.9 Å². The van der Waals surface area contributed by atoms with Crippen molar-refractivity contribution in [2.24, 2.45) is 0 Å². The normalized spacial score (nSPS) is 18.2.